The molecule has 2 heterocycles. The number of nitrogens with one attached hydrogen (secondary N) is 1. The van der Waals surface area contributed by atoms with Crippen molar-refractivity contribution in [2.24, 2.45) is 0 Å². The Labute approximate surface area is 157 Å². The van der Waals surface area contributed by atoms with Crippen molar-refractivity contribution < 1.29 is 18.7 Å². The molecule has 1 saturated heterocycles. The van der Waals surface area contributed by atoms with Gasteiger partial charge in [-0.05, 0) is 34.9 Å². The van der Waals surface area contributed by atoms with E-state index < -0.39 is 0 Å². The summed E-state index contributed by atoms with van der Waals surface area (Å²) in [7, 11) is 1.71. The number of benzene rings is 2. The summed E-state index contributed by atoms with van der Waals surface area (Å²) in [4.78, 5) is 26.4. The number of carbonyl (C=O) groups excluding carboxylic acids is 2. The van der Waals surface area contributed by atoms with Gasteiger partial charge in [0.1, 0.15) is 11.6 Å². The molecule has 2 aromatic carbocycles. The van der Waals surface area contributed by atoms with Crippen molar-refractivity contribution in [1.82, 2.24) is 10.2 Å². The quantitative estimate of drug-likeness (QED) is 0.902. The van der Waals surface area contributed by atoms with Crippen molar-refractivity contribution in [3.05, 3.63) is 65.0 Å². The third-order valence-corrected chi connectivity index (χ3v) is 5.26. The number of halogens is 1. The molecule has 2 atom stereocenters. The first-order chi connectivity index (χ1) is 13.0. The molecule has 0 radical (unpaired) electrons. The van der Waals surface area contributed by atoms with E-state index in [2.05, 4.69) is 5.32 Å². The summed E-state index contributed by atoms with van der Waals surface area (Å²) in [6.45, 7) is 0.681. The van der Waals surface area contributed by atoms with Gasteiger partial charge in [0.05, 0.1) is 25.1 Å². The van der Waals surface area contributed by atoms with Gasteiger partial charge in [0.2, 0.25) is 11.8 Å². The minimum atomic E-state index is -0.335. The smallest absolute Gasteiger partial charge is 0.225 e. The van der Waals surface area contributed by atoms with Crippen molar-refractivity contribution in [2.75, 3.05) is 13.7 Å². The molecule has 1 fully saturated rings. The van der Waals surface area contributed by atoms with E-state index >= 15 is 0 Å². The zero-order chi connectivity index (χ0) is 19.0. The van der Waals surface area contributed by atoms with Crippen LogP contribution in [0.25, 0.3) is 0 Å². The van der Waals surface area contributed by atoms with Crippen LogP contribution in [0.15, 0.2) is 42.5 Å². The second-order valence-electron chi connectivity index (χ2n) is 7.10. The maximum Gasteiger partial charge on any atom is 0.225 e. The molecule has 27 heavy (non-hydrogen) atoms. The molecule has 6 heteroatoms. The van der Waals surface area contributed by atoms with Gasteiger partial charge in [0.25, 0.3) is 0 Å². The van der Waals surface area contributed by atoms with Gasteiger partial charge in [-0.1, -0.05) is 24.3 Å². The standard InChI is InChI=1S/C21H21FN2O3/c1-24-20(26)12-17(21(24)14-3-5-16(22)6-4-14)23-19(25)11-13-2-7-18-15(10-13)8-9-27-18/h2-7,10,17,21H,8-9,11-12H2,1H3,(H,23,25)/t17-,21+/m1/s1. The molecule has 2 aliphatic heterocycles. The largest absolute Gasteiger partial charge is 0.493 e. The van der Waals surface area contributed by atoms with E-state index in [1.54, 1.807) is 24.1 Å². The third kappa shape index (κ3) is 3.52. The Morgan fingerprint density at radius 1 is 1.26 bits per heavy atom. The van der Waals surface area contributed by atoms with E-state index in [0.717, 1.165) is 28.9 Å². The third-order valence-electron chi connectivity index (χ3n) is 5.26. The minimum absolute atomic E-state index is 0.0377. The molecule has 0 unspecified atom stereocenters. The van der Waals surface area contributed by atoms with Gasteiger partial charge in [0, 0.05) is 19.9 Å². The van der Waals surface area contributed by atoms with E-state index in [0.29, 0.717) is 6.61 Å². The molecule has 0 spiro atoms. The van der Waals surface area contributed by atoms with Crippen molar-refractivity contribution >= 4 is 11.8 Å². The van der Waals surface area contributed by atoms with Crippen molar-refractivity contribution in [3.8, 4) is 5.75 Å². The molecule has 0 aliphatic carbocycles. The summed E-state index contributed by atoms with van der Waals surface area (Å²) in [5, 5.41) is 2.99. The Balaban J connectivity index is 1.47. The molecule has 0 bridgehead atoms. The lowest BCUT2D eigenvalue weighted by atomic mass is 9.99. The molecule has 0 saturated carbocycles. The number of amides is 2. The number of likely N-dealkylation sites (N-methyl/N-ethyl adjacent to an activating group) is 1. The monoisotopic (exact) mass is 368 g/mol. The number of nitrogens with zero attached hydrogens (tertiary/aromatic N) is 1. The van der Waals surface area contributed by atoms with Crippen LogP contribution >= 0.6 is 0 Å². The highest BCUT2D eigenvalue weighted by molar-refractivity contribution is 5.84. The molecule has 2 amide bonds. The number of likely N-dealkylation sites (tertiary alicyclic amines) is 1. The zero-order valence-corrected chi connectivity index (χ0v) is 15.1. The van der Waals surface area contributed by atoms with E-state index in [4.69, 9.17) is 4.74 Å². The van der Waals surface area contributed by atoms with Crippen LogP contribution in [0.5, 0.6) is 5.75 Å². The molecule has 2 aliphatic rings. The van der Waals surface area contributed by atoms with Crippen LogP contribution in [-0.4, -0.2) is 36.4 Å². The highest BCUT2D eigenvalue weighted by Crippen LogP contribution is 2.32. The van der Waals surface area contributed by atoms with E-state index in [-0.39, 0.29) is 42.6 Å². The number of hydrogen-bond donors (Lipinski definition) is 1. The highest BCUT2D eigenvalue weighted by atomic mass is 19.1. The SMILES string of the molecule is CN1C(=O)C[C@@H](NC(=O)Cc2ccc3c(c2)CCO3)[C@@H]1c1ccc(F)cc1. The summed E-state index contributed by atoms with van der Waals surface area (Å²) in [5.74, 6) is 0.392. The molecule has 5 nitrogen and oxygen atoms in total. The normalized spacial score (nSPS) is 21.1. The molecule has 140 valence electrons. The highest BCUT2D eigenvalue weighted by Gasteiger charge is 2.39. The van der Waals surface area contributed by atoms with Crippen LogP contribution in [0.4, 0.5) is 4.39 Å². The second kappa shape index (κ2) is 7.02. The number of hydrogen-bond acceptors (Lipinski definition) is 3. The van der Waals surface area contributed by atoms with Gasteiger partial charge in [-0.25, -0.2) is 4.39 Å². The van der Waals surface area contributed by atoms with Crippen LogP contribution in [-0.2, 0) is 22.4 Å². The Bertz CT molecular complexity index is 881. The Hall–Kier alpha value is -2.89. The Morgan fingerprint density at radius 2 is 2.04 bits per heavy atom. The number of ether oxygens (including phenoxy) is 1. The average Bonchev–Trinajstić information content (AvgIpc) is 3.20. The average molecular weight is 368 g/mol. The Kier molecular flexibility index (Phi) is 4.56. The van der Waals surface area contributed by atoms with Gasteiger partial charge in [-0.2, -0.15) is 0 Å². The maximum absolute atomic E-state index is 13.2. The summed E-state index contributed by atoms with van der Waals surface area (Å²) in [6.07, 6.45) is 1.35. The molecule has 4 rings (SSSR count). The number of fused-ring (bicyclic) bond motifs is 1. The van der Waals surface area contributed by atoms with Gasteiger partial charge in [0.15, 0.2) is 0 Å². The Morgan fingerprint density at radius 3 is 2.81 bits per heavy atom. The van der Waals surface area contributed by atoms with E-state index in [1.165, 1.54) is 12.1 Å². The predicted molar refractivity (Wildman–Crippen MR) is 97.8 cm³/mol. The van der Waals surface area contributed by atoms with Gasteiger partial charge >= 0.3 is 0 Å². The van der Waals surface area contributed by atoms with Crippen LogP contribution < -0.4 is 10.1 Å². The van der Waals surface area contributed by atoms with Crippen molar-refractivity contribution in [3.63, 3.8) is 0 Å². The minimum Gasteiger partial charge on any atom is -0.493 e. The zero-order valence-electron chi connectivity index (χ0n) is 15.1. The lowest BCUT2D eigenvalue weighted by Gasteiger charge is -2.26. The van der Waals surface area contributed by atoms with Crippen LogP contribution in [0.3, 0.4) is 0 Å². The van der Waals surface area contributed by atoms with Crippen LogP contribution in [0.1, 0.15) is 29.2 Å². The topological polar surface area (TPSA) is 58.6 Å². The van der Waals surface area contributed by atoms with Gasteiger partial charge in [-0.15, -0.1) is 0 Å². The van der Waals surface area contributed by atoms with Crippen LogP contribution in [0, 0.1) is 5.82 Å². The first-order valence-corrected chi connectivity index (χ1v) is 9.06. The van der Waals surface area contributed by atoms with Gasteiger partial charge < -0.3 is 15.0 Å². The molecular formula is C21H21FN2O3. The first-order valence-electron chi connectivity index (χ1n) is 9.06. The fourth-order valence-corrected chi connectivity index (χ4v) is 3.91. The fourth-order valence-electron chi connectivity index (χ4n) is 3.91. The van der Waals surface area contributed by atoms with Crippen LogP contribution in [0.2, 0.25) is 0 Å². The van der Waals surface area contributed by atoms with Gasteiger partial charge in [-0.3, -0.25) is 9.59 Å². The van der Waals surface area contributed by atoms with Crippen molar-refractivity contribution in [2.45, 2.75) is 31.3 Å². The van der Waals surface area contributed by atoms with E-state index in [1.807, 2.05) is 18.2 Å². The summed E-state index contributed by atoms with van der Waals surface area (Å²) in [5.41, 5.74) is 2.86. The van der Waals surface area contributed by atoms with Crippen molar-refractivity contribution in [1.29, 1.82) is 0 Å². The lowest BCUT2D eigenvalue weighted by Crippen LogP contribution is -2.39. The molecule has 0 aromatic heterocycles. The molecule has 2 aromatic rings. The molecular weight excluding hydrogens is 347 g/mol. The lowest BCUT2D eigenvalue weighted by molar-refractivity contribution is -0.127. The first kappa shape index (κ1) is 17.5. The number of rotatable bonds is 4. The summed E-state index contributed by atoms with van der Waals surface area (Å²) in [6, 6.07) is 11.2. The summed E-state index contributed by atoms with van der Waals surface area (Å²) >= 11 is 0. The predicted octanol–water partition coefficient (Wildman–Crippen LogP) is 2.39. The van der Waals surface area contributed by atoms with E-state index in [9.17, 15) is 14.0 Å². The fraction of sp³-hybridized carbons (Fsp3) is 0.333. The summed E-state index contributed by atoms with van der Waals surface area (Å²) < 4.78 is 18.7. The maximum atomic E-state index is 13.2. The number of carbonyl (C=O) groups is 2. The molecule has 1 N–H and O–H groups in total. The second-order valence-corrected chi connectivity index (χ2v) is 7.10.